The number of aliphatic hydroxyl groups is 1. The van der Waals surface area contributed by atoms with Gasteiger partial charge >= 0.3 is 39.5 Å². The quantitative estimate of drug-likeness (QED) is 0.0222. The Morgan fingerprint density at radius 1 is 0.272 bits per heavy atom. The summed E-state index contributed by atoms with van der Waals surface area (Å²) in [5, 5.41) is 10.7. The van der Waals surface area contributed by atoms with Crippen LogP contribution in [-0.4, -0.2) is 96.7 Å². The lowest BCUT2D eigenvalue weighted by atomic mass is 9.99. The predicted molar refractivity (Wildman–Crippen MR) is 423 cm³/mol. The fourth-order valence-electron chi connectivity index (χ4n) is 12.9. The van der Waals surface area contributed by atoms with Gasteiger partial charge in [-0.1, -0.05) is 383 Å². The van der Waals surface area contributed by atoms with Gasteiger partial charge < -0.3 is 33.8 Å². The second-order valence-corrected chi connectivity index (χ2v) is 34.8. The van der Waals surface area contributed by atoms with Crippen LogP contribution in [0.1, 0.15) is 434 Å². The molecule has 0 heterocycles. The van der Waals surface area contributed by atoms with Gasteiger partial charge in [-0.05, 0) is 49.4 Å². The first kappa shape index (κ1) is 101. The first-order valence-electron chi connectivity index (χ1n) is 43.2. The minimum absolute atomic E-state index is 0.106. The first-order valence-corrected chi connectivity index (χ1v) is 46.2. The first-order chi connectivity index (χ1) is 49.6. The van der Waals surface area contributed by atoms with Gasteiger partial charge in [0, 0.05) is 25.7 Å². The molecule has 0 fully saturated rings. The smallest absolute Gasteiger partial charge is 0.462 e. The molecule has 0 aliphatic rings. The van der Waals surface area contributed by atoms with Crippen LogP contribution in [0.15, 0.2) is 0 Å². The van der Waals surface area contributed by atoms with Crippen LogP contribution < -0.4 is 0 Å². The minimum atomic E-state index is -4.97. The summed E-state index contributed by atoms with van der Waals surface area (Å²) in [4.78, 5) is 73.2. The normalized spacial score (nSPS) is 14.2. The maximum atomic E-state index is 13.1. The summed E-state index contributed by atoms with van der Waals surface area (Å²) < 4.78 is 68.8. The Morgan fingerprint density at radius 3 is 0.689 bits per heavy atom. The highest BCUT2D eigenvalue weighted by atomic mass is 31.2. The van der Waals surface area contributed by atoms with Gasteiger partial charge in [0.1, 0.15) is 19.3 Å². The van der Waals surface area contributed by atoms with E-state index in [4.69, 9.17) is 37.0 Å². The zero-order chi connectivity index (χ0) is 76.0. The summed E-state index contributed by atoms with van der Waals surface area (Å²) in [7, 11) is -9.93. The maximum Gasteiger partial charge on any atom is 0.472 e. The van der Waals surface area contributed by atoms with Gasteiger partial charge in [0.05, 0.1) is 26.4 Å². The fraction of sp³-hybridized carbons (Fsp3) is 0.952. The van der Waals surface area contributed by atoms with Crippen molar-refractivity contribution >= 4 is 39.5 Å². The molecule has 0 aromatic heterocycles. The summed E-state index contributed by atoms with van der Waals surface area (Å²) >= 11 is 0. The molecule has 19 heteroatoms. The fourth-order valence-corrected chi connectivity index (χ4v) is 14.5. The van der Waals surface area contributed by atoms with E-state index >= 15 is 0 Å². The second kappa shape index (κ2) is 72.9. The summed E-state index contributed by atoms with van der Waals surface area (Å²) in [6, 6.07) is 0. The van der Waals surface area contributed by atoms with Gasteiger partial charge in [-0.15, -0.1) is 0 Å². The summed E-state index contributed by atoms with van der Waals surface area (Å²) in [6.07, 6.45) is 61.0. The van der Waals surface area contributed by atoms with Gasteiger partial charge in [-0.25, -0.2) is 9.13 Å². The molecule has 0 amide bonds. The highest BCUT2D eigenvalue weighted by Gasteiger charge is 2.30. The number of ether oxygens (including phenoxy) is 4. The molecule has 0 aromatic rings. The van der Waals surface area contributed by atoms with Gasteiger partial charge in [-0.2, -0.15) is 0 Å². The number of aliphatic hydroxyl groups excluding tert-OH is 1. The molecule has 0 spiro atoms. The van der Waals surface area contributed by atoms with Crippen molar-refractivity contribution in [2.75, 3.05) is 39.6 Å². The van der Waals surface area contributed by atoms with Gasteiger partial charge in [0.25, 0.3) is 0 Å². The van der Waals surface area contributed by atoms with Crippen LogP contribution in [0.25, 0.3) is 0 Å². The molecule has 17 nitrogen and oxygen atoms in total. The number of rotatable bonds is 81. The third-order valence-electron chi connectivity index (χ3n) is 19.9. The minimum Gasteiger partial charge on any atom is -0.462 e. The number of esters is 4. The average molecular weight is 1510 g/mol. The lowest BCUT2D eigenvalue weighted by molar-refractivity contribution is -0.161. The Morgan fingerprint density at radius 2 is 0.466 bits per heavy atom. The van der Waals surface area contributed by atoms with E-state index in [1.807, 2.05) is 0 Å². The Balaban J connectivity index is 5.26. The SMILES string of the molecule is CCC(C)CCCCCCCCCCCCCCCCC(=O)OC[C@H](COP(=O)(O)OC[C@@H](O)COP(=O)(O)OC[C@@H](COC(=O)CCCCCCCCCCC(C)C)OC(=O)CCCCCCCCCCCCCCC(C)C)OC(=O)CCCCCCCCCCCCCCCCCCC(C)C. The van der Waals surface area contributed by atoms with Crippen molar-refractivity contribution < 1.29 is 80.2 Å². The number of carbonyl (C=O) groups excluding carboxylic acids is 4. The largest absolute Gasteiger partial charge is 0.472 e. The van der Waals surface area contributed by atoms with Crippen molar-refractivity contribution in [3.05, 3.63) is 0 Å². The number of hydrogen-bond acceptors (Lipinski definition) is 15. The van der Waals surface area contributed by atoms with Crippen LogP contribution in [-0.2, 0) is 65.4 Å². The van der Waals surface area contributed by atoms with Crippen molar-refractivity contribution in [2.45, 2.75) is 453 Å². The van der Waals surface area contributed by atoms with Crippen molar-refractivity contribution in [1.29, 1.82) is 0 Å². The highest BCUT2D eigenvalue weighted by molar-refractivity contribution is 7.47. The van der Waals surface area contributed by atoms with E-state index in [0.717, 1.165) is 114 Å². The van der Waals surface area contributed by atoms with E-state index in [2.05, 4.69) is 55.4 Å². The molecule has 6 atom stereocenters. The topological polar surface area (TPSA) is 237 Å². The number of unbranched alkanes of at least 4 members (excludes halogenated alkanes) is 46. The van der Waals surface area contributed by atoms with Gasteiger partial charge in [0.2, 0.25) is 0 Å². The summed E-state index contributed by atoms with van der Waals surface area (Å²) in [6.45, 7) is 14.3. The lowest BCUT2D eigenvalue weighted by Gasteiger charge is -2.21. The Kier molecular flexibility index (Phi) is 71.5. The summed E-state index contributed by atoms with van der Waals surface area (Å²) in [5.41, 5.74) is 0. The van der Waals surface area contributed by atoms with E-state index in [-0.39, 0.29) is 25.7 Å². The predicted octanol–water partition coefficient (Wildman–Crippen LogP) is 25.2. The molecule has 0 radical (unpaired) electrons. The zero-order valence-electron chi connectivity index (χ0n) is 68.0. The number of phosphoric ester groups is 2. The average Bonchev–Trinajstić information content (AvgIpc) is 0.924. The molecular weight excluding hydrogens is 1340 g/mol. The van der Waals surface area contributed by atoms with Crippen molar-refractivity contribution in [2.24, 2.45) is 23.7 Å². The molecule has 0 saturated carbocycles. The molecule has 0 saturated heterocycles. The molecule has 0 aliphatic heterocycles. The molecule has 103 heavy (non-hydrogen) atoms. The Labute approximate surface area is 632 Å². The van der Waals surface area contributed by atoms with Gasteiger partial charge in [0.15, 0.2) is 12.2 Å². The maximum absolute atomic E-state index is 13.1. The molecule has 0 bridgehead atoms. The molecule has 0 aromatic carbocycles. The van der Waals surface area contributed by atoms with Crippen LogP contribution in [0.5, 0.6) is 0 Å². The molecule has 612 valence electrons. The van der Waals surface area contributed by atoms with Crippen LogP contribution in [0.4, 0.5) is 0 Å². The highest BCUT2D eigenvalue weighted by Crippen LogP contribution is 2.45. The summed E-state index contributed by atoms with van der Waals surface area (Å²) in [5.74, 6) is 1.05. The number of carbonyl (C=O) groups is 4. The van der Waals surface area contributed by atoms with E-state index in [0.29, 0.717) is 25.7 Å². The van der Waals surface area contributed by atoms with E-state index in [9.17, 15) is 43.2 Å². The van der Waals surface area contributed by atoms with E-state index in [1.54, 1.807) is 0 Å². The monoisotopic (exact) mass is 1510 g/mol. The van der Waals surface area contributed by atoms with Crippen molar-refractivity contribution in [3.8, 4) is 0 Å². The molecular formula is C84H164O17P2. The van der Waals surface area contributed by atoms with Crippen LogP contribution in [0.3, 0.4) is 0 Å². The van der Waals surface area contributed by atoms with Gasteiger partial charge in [-0.3, -0.25) is 37.3 Å². The Hall–Kier alpha value is -1.94. The molecule has 3 unspecified atom stereocenters. The van der Waals surface area contributed by atoms with E-state index in [1.165, 1.54) is 238 Å². The third kappa shape index (κ3) is 76.6. The Bertz CT molecular complexity index is 2010. The van der Waals surface area contributed by atoms with Crippen molar-refractivity contribution in [1.82, 2.24) is 0 Å². The number of phosphoric acid groups is 2. The standard InChI is InChI=1S/C84H164O17P2/c1-9-77(8)63-55-47-39-30-24-17-14-15-18-25-31-40-48-56-64-81(86)94-70-79(100-83(88)66-58-50-42-32-26-19-13-11-10-12-16-22-28-36-44-52-60-74(2)3)72-98-102(90,91)96-68-78(85)69-97-103(92,93)99-73-80(71-95-82(87)65-57-49-41-35-34-38-46-54-62-76(6)7)101-84(89)67-59-51-43-33-27-21-20-23-29-37-45-53-61-75(4)5/h74-80,85H,9-73H2,1-8H3,(H,90,91)(H,92,93)/t77?,78-,79-,80-/m1/s1. The van der Waals surface area contributed by atoms with Crippen molar-refractivity contribution in [3.63, 3.8) is 0 Å². The third-order valence-corrected chi connectivity index (χ3v) is 21.8. The number of hydrogen-bond donors (Lipinski definition) is 3. The van der Waals surface area contributed by atoms with E-state index < -0.39 is 97.5 Å². The van der Waals surface area contributed by atoms with Crippen LogP contribution >= 0.6 is 15.6 Å². The molecule has 0 rings (SSSR count). The molecule has 0 aliphatic carbocycles. The van der Waals surface area contributed by atoms with Crippen LogP contribution in [0, 0.1) is 23.7 Å². The molecule has 3 N–H and O–H groups in total. The van der Waals surface area contributed by atoms with Crippen LogP contribution in [0.2, 0.25) is 0 Å². The lowest BCUT2D eigenvalue weighted by Crippen LogP contribution is -2.30. The zero-order valence-corrected chi connectivity index (χ0v) is 69.7. The second-order valence-electron chi connectivity index (χ2n) is 31.9.